The van der Waals surface area contributed by atoms with Gasteiger partial charge in [0.05, 0.1) is 42.4 Å². The first-order chi connectivity index (χ1) is 37.9. The molecule has 12 rings (SSSR count). The molecule has 4 aliphatic heterocycles. The number of likely N-dealkylation sites (tertiary alicyclic amines) is 2. The zero-order valence-corrected chi connectivity index (χ0v) is 51.6. The number of nitrogens with one attached hydrogen (secondary N) is 1. The third kappa shape index (κ3) is 14.8. The molecule has 2 aromatic rings. The van der Waals surface area contributed by atoms with E-state index in [1.165, 1.54) is 16.9 Å². The maximum Gasteiger partial charge on any atom is 0.482 e. The number of alkyl carbamates (subject to hydrolysis) is 1. The number of carbonyl (C=O) groups is 4. The predicted octanol–water partition coefficient (Wildman–Crippen LogP) is 10.4. The van der Waals surface area contributed by atoms with Crippen LogP contribution in [0.5, 0.6) is 0 Å². The molecular formula is C62H86B2Cl2N6O10. The van der Waals surface area contributed by atoms with Crippen LogP contribution in [0, 0.1) is 68.0 Å². The lowest BCUT2D eigenvalue weighted by atomic mass is 9.45. The standard InChI is InChI=1S/C31H42BN3O5.C18H26BNO2.C13H17ClN2O3.ClH/c1-29(2,3)16-21(18-33)27(36)35-13-12-23(19-35)38-28(37)34-25(14-20-10-8-7-9-11-20)32-39-26-24-15-22(30(24,4)5)17-31(26,6)40-32;1-17(2)13-10-14(17)16-18(3,11-13)22-19(21-16)15(20)9-12-7-5-4-6-8-12;1-13(2,3)6-9(7-15)11(17)16-5-4-10(8-16)19-12(14)18;/h7-11,16,22-26H,12-15,17,19H2,1-6H3,(H,34,37);4-8,13-16H,9-11,20H2,1-3H3;6,10H,4-5,8H2,1-3H3;1H/b21-16+;;9-6+;/t22-,23-,24+,25-,26-,31+;13-,14+,15-,16-,18+;10-;/m000./s1. The molecule has 0 aromatic heterocycles. The average Bonchev–Trinajstić information content (AvgIpc) is 3.39. The molecule has 0 spiro atoms. The van der Waals surface area contributed by atoms with Gasteiger partial charge in [0.2, 0.25) is 0 Å². The van der Waals surface area contributed by atoms with Crippen LogP contribution in [-0.2, 0) is 50.5 Å². The molecule has 444 valence electrons. The topological polar surface area (TPSA) is 216 Å². The van der Waals surface area contributed by atoms with E-state index in [0.717, 1.165) is 37.2 Å². The molecular weight excluding hydrogens is 1080 g/mol. The fraction of sp³-hybridized carbons (Fsp3) is 0.645. The SMILES string of the molecule is CC(C)(C)/C=C(\C#N)C(=O)N1CC[C@H](OC(=O)Cl)C1.CC(C)(C)/C=C(\C#N)C(=O)N1CC[C@H](OC(=O)N[C@@H](Cc2ccccc2)B2O[C@H]3[C@H]4C[C@@H](C[C@@]3(C)O2)C4(C)C)C1.CC1(C)[C@H]2C[C@@H]1[C@@H]1OB([C@@H](N)Cc3ccccc3)O[C@]1(C)C2.Cl. The highest BCUT2D eigenvalue weighted by Gasteiger charge is 2.68. The maximum atomic E-state index is 13.2. The van der Waals surface area contributed by atoms with Crippen molar-refractivity contribution in [3.8, 4) is 12.1 Å². The number of hydrogen-bond acceptors (Lipinski definition) is 13. The van der Waals surface area contributed by atoms with Crippen LogP contribution in [0.15, 0.2) is 84.0 Å². The Morgan fingerprint density at radius 3 is 1.54 bits per heavy atom. The molecule has 6 saturated carbocycles. The van der Waals surface area contributed by atoms with Gasteiger partial charge in [-0.2, -0.15) is 10.5 Å². The van der Waals surface area contributed by atoms with Crippen molar-refractivity contribution in [3.05, 3.63) is 95.1 Å². The summed E-state index contributed by atoms with van der Waals surface area (Å²) in [6, 6.07) is 24.3. The lowest BCUT2D eigenvalue weighted by Gasteiger charge is -2.63. The summed E-state index contributed by atoms with van der Waals surface area (Å²) in [4.78, 5) is 52.0. The van der Waals surface area contributed by atoms with E-state index in [9.17, 15) is 24.4 Å². The summed E-state index contributed by atoms with van der Waals surface area (Å²) in [7, 11) is -0.856. The van der Waals surface area contributed by atoms with E-state index < -0.39 is 30.7 Å². The molecule has 16 nitrogen and oxygen atoms in total. The van der Waals surface area contributed by atoms with Crippen molar-refractivity contribution >= 4 is 61.6 Å². The summed E-state index contributed by atoms with van der Waals surface area (Å²) in [5.74, 6) is 1.26. The fourth-order valence-corrected chi connectivity index (χ4v) is 14.0. The number of nitrogens with two attached hydrogens (primary N) is 1. The van der Waals surface area contributed by atoms with Gasteiger partial charge in [-0.25, -0.2) is 9.59 Å². The first-order valence-corrected chi connectivity index (χ1v) is 29.5. The second kappa shape index (κ2) is 25.4. The van der Waals surface area contributed by atoms with Gasteiger partial charge in [-0.15, -0.1) is 12.4 Å². The van der Waals surface area contributed by atoms with Gasteiger partial charge >= 0.3 is 25.8 Å². The number of allylic oxidation sites excluding steroid dienone is 2. The highest BCUT2D eigenvalue weighted by atomic mass is 35.5. The molecule has 10 fully saturated rings. The van der Waals surface area contributed by atoms with Gasteiger partial charge in [-0.3, -0.25) is 9.59 Å². The number of carbonyl (C=O) groups excluding carboxylic acids is 4. The largest absolute Gasteiger partial charge is 0.482 e. The predicted molar refractivity (Wildman–Crippen MR) is 318 cm³/mol. The van der Waals surface area contributed by atoms with Gasteiger partial charge < -0.3 is 48.9 Å². The van der Waals surface area contributed by atoms with Gasteiger partial charge in [0.1, 0.15) is 35.5 Å². The Kier molecular flexibility index (Phi) is 20.0. The van der Waals surface area contributed by atoms with Crippen LogP contribution in [0.4, 0.5) is 9.59 Å². The normalized spacial score (nSPS) is 30.8. The molecule has 3 amide bonds. The van der Waals surface area contributed by atoms with Crippen molar-refractivity contribution in [1.29, 1.82) is 10.5 Å². The molecule has 20 heteroatoms. The van der Waals surface area contributed by atoms with Crippen LogP contribution < -0.4 is 11.1 Å². The second-order valence-corrected chi connectivity index (χ2v) is 28.1. The zero-order valence-electron chi connectivity index (χ0n) is 50.1. The van der Waals surface area contributed by atoms with E-state index in [2.05, 4.69) is 71.1 Å². The average molecular weight is 1170 g/mol. The van der Waals surface area contributed by atoms with Crippen LogP contribution in [0.25, 0.3) is 0 Å². The molecule has 4 heterocycles. The van der Waals surface area contributed by atoms with Gasteiger partial charge in [0, 0.05) is 43.5 Å². The van der Waals surface area contributed by atoms with E-state index in [4.69, 9.17) is 50.7 Å². The number of amides is 3. The molecule has 12 atom stereocenters. The minimum atomic E-state index is -0.870. The molecule has 10 aliphatic rings. The number of hydrogen-bond donors (Lipinski definition) is 2. The van der Waals surface area contributed by atoms with Crippen molar-refractivity contribution in [2.75, 3.05) is 26.2 Å². The van der Waals surface area contributed by atoms with Gasteiger partial charge in [0.15, 0.2) is 0 Å². The molecule has 0 unspecified atom stereocenters. The zero-order chi connectivity index (χ0) is 59.0. The van der Waals surface area contributed by atoms with Crippen LogP contribution in [0.3, 0.4) is 0 Å². The maximum absolute atomic E-state index is 13.2. The summed E-state index contributed by atoms with van der Waals surface area (Å²) in [6.45, 7) is 26.8. The Morgan fingerprint density at radius 1 is 0.707 bits per heavy atom. The van der Waals surface area contributed by atoms with Gasteiger partial charge in [-0.05, 0) is 109 Å². The Hall–Kier alpha value is -4.91. The third-order valence-electron chi connectivity index (χ3n) is 18.5. The third-order valence-corrected chi connectivity index (χ3v) is 18.6. The Balaban J connectivity index is 0.000000194. The number of nitriles is 2. The number of benzene rings is 2. The summed E-state index contributed by atoms with van der Waals surface area (Å²) in [6.07, 6.45) is 9.07. The first kappa shape index (κ1) is 64.6. The monoisotopic (exact) mass is 1170 g/mol. The first-order valence-electron chi connectivity index (χ1n) is 29.1. The summed E-state index contributed by atoms with van der Waals surface area (Å²) < 4.78 is 36.5. The molecule has 2 aromatic carbocycles. The smallest absolute Gasteiger partial charge is 0.448 e. The number of halogens is 2. The van der Waals surface area contributed by atoms with Gasteiger partial charge in [0.25, 0.3) is 11.8 Å². The Bertz CT molecular complexity index is 2780. The quantitative estimate of drug-likeness (QED) is 0.0928. The van der Waals surface area contributed by atoms with E-state index in [-0.39, 0.29) is 107 Å². The fourth-order valence-electron chi connectivity index (χ4n) is 13.9. The summed E-state index contributed by atoms with van der Waals surface area (Å²) >= 11 is 5.13. The van der Waals surface area contributed by atoms with Crippen LogP contribution in [0.1, 0.15) is 133 Å². The second-order valence-electron chi connectivity index (χ2n) is 27.8. The lowest BCUT2D eigenvalue weighted by Crippen LogP contribution is -2.63. The number of nitrogens with zero attached hydrogens (tertiary/aromatic N) is 4. The van der Waals surface area contributed by atoms with Crippen LogP contribution in [0.2, 0.25) is 0 Å². The molecule has 6 aliphatic carbocycles. The van der Waals surface area contributed by atoms with E-state index in [0.29, 0.717) is 55.5 Å². The van der Waals surface area contributed by atoms with E-state index >= 15 is 0 Å². The highest BCUT2D eigenvalue weighted by molar-refractivity contribution is 6.61. The van der Waals surface area contributed by atoms with Crippen LogP contribution >= 0.6 is 24.0 Å². The van der Waals surface area contributed by atoms with Crippen molar-refractivity contribution < 1.29 is 47.3 Å². The molecule has 4 bridgehead atoms. The molecule has 4 saturated heterocycles. The van der Waals surface area contributed by atoms with Crippen molar-refractivity contribution in [2.45, 2.75) is 182 Å². The number of ether oxygens (including phenoxy) is 2. The van der Waals surface area contributed by atoms with Gasteiger partial charge in [-0.1, -0.05) is 142 Å². The van der Waals surface area contributed by atoms with Crippen molar-refractivity contribution in [3.63, 3.8) is 0 Å². The highest BCUT2D eigenvalue weighted by Crippen LogP contribution is 2.66. The van der Waals surface area contributed by atoms with E-state index in [1.807, 2.05) is 90.1 Å². The molecule has 0 radical (unpaired) electrons. The lowest BCUT2D eigenvalue weighted by molar-refractivity contribution is -0.185. The van der Waals surface area contributed by atoms with Crippen molar-refractivity contribution in [1.82, 2.24) is 15.1 Å². The Labute approximate surface area is 498 Å². The minimum absolute atomic E-state index is 0. The summed E-state index contributed by atoms with van der Waals surface area (Å²) in [5.41, 5.74) is 7.67. The summed E-state index contributed by atoms with van der Waals surface area (Å²) in [5, 5.41) is 21.6. The van der Waals surface area contributed by atoms with E-state index in [1.54, 1.807) is 17.1 Å². The Morgan fingerprint density at radius 2 is 1.12 bits per heavy atom. The van der Waals surface area contributed by atoms with Crippen LogP contribution in [-0.4, -0.2) is 121 Å². The number of rotatable bonds is 11. The molecule has 3 N–H and O–H groups in total. The minimum Gasteiger partial charge on any atom is -0.448 e. The molecule has 82 heavy (non-hydrogen) atoms. The van der Waals surface area contributed by atoms with Crippen molar-refractivity contribution in [2.24, 2.45) is 51.1 Å².